The highest BCUT2D eigenvalue weighted by Crippen LogP contribution is 2.13. The first-order valence-corrected chi connectivity index (χ1v) is 4.14. The van der Waals surface area contributed by atoms with E-state index in [0.29, 0.717) is 19.3 Å². The van der Waals surface area contributed by atoms with Crippen LogP contribution in [-0.4, -0.2) is 25.6 Å². The van der Waals surface area contributed by atoms with Crippen LogP contribution < -0.4 is 0 Å². The van der Waals surface area contributed by atoms with Crippen molar-refractivity contribution in [2.75, 3.05) is 13.3 Å². The van der Waals surface area contributed by atoms with E-state index in [1.165, 1.54) is 0 Å². The summed E-state index contributed by atoms with van der Waals surface area (Å²) in [6, 6.07) is 0. The Morgan fingerprint density at radius 1 is 1.00 bits per heavy atom. The maximum atomic E-state index is 12.5. The van der Waals surface area contributed by atoms with Gasteiger partial charge in [-0.1, -0.05) is 12.8 Å². The lowest BCUT2D eigenvalue weighted by Gasteiger charge is -2.09. The molecule has 0 aromatic heterocycles. The fourth-order valence-corrected chi connectivity index (χ4v) is 0.896. The number of halogens is 3. The van der Waals surface area contributed by atoms with Crippen LogP contribution in [-0.2, 0) is 5.11 Å². The van der Waals surface area contributed by atoms with Crippen LogP contribution in [0.15, 0.2) is 0 Å². The number of hydrogen-bond donors (Lipinski definition) is 0. The van der Waals surface area contributed by atoms with Crippen molar-refractivity contribution in [3.8, 4) is 0 Å². The van der Waals surface area contributed by atoms with Crippen LogP contribution in [0.2, 0.25) is 0 Å². The van der Waals surface area contributed by atoms with E-state index < -0.39 is 19.0 Å². The number of alkyl halides is 3. The minimum atomic E-state index is -1.99. The molecule has 4 heteroatoms. The standard InChI is InChI=1S/C8H14F3O/c9-6-8(11)7(10)4-2-1-3-5-12/h7-8H,1-6H2. The first kappa shape index (κ1) is 11.8. The summed E-state index contributed by atoms with van der Waals surface area (Å²) in [4.78, 5) is 0. The molecule has 0 aromatic rings. The number of rotatable bonds is 7. The maximum Gasteiger partial charge on any atom is 0.159 e. The molecular formula is C8H14F3O. The number of hydrogen-bond acceptors (Lipinski definition) is 0. The third kappa shape index (κ3) is 5.41. The second-order valence-corrected chi connectivity index (χ2v) is 2.74. The van der Waals surface area contributed by atoms with Crippen LogP contribution >= 0.6 is 0 Å². The fourth-order valence-electron chi connectivity index (χ4n) is 0.896. The highest BCUT2D eigenvalue weighted by atomic mass is 19.2. The fraction of sp³-hybridized carbons (Fsp3) is 1.00. The van der Waals surface area contributed by atoms with Crippen molar-refractivity contribution in [1.29, 1.82) is 0 Å². The molecule has 0 aliphatic carbocycles. The van der Waals surface area contributed by atoms with Crippen molar-refractivity contribution < 1.29 is 18.3 Å². The van der Waals surface area contributed by atoms with Gasteiger partial charge < -0.3 is 0 Å². The molecule has 2 unspecified atom stereocenters. The van der Waals surface area contributed by atoms with Crippen molar-refractivity contribution in [3.63, 3.8) is 0 Å². The SMILES string of the molecule is [O]CCCCCC(F)C(F)CF. The lowest BCUT2D eigenvalue weighted by atomic mass is 10.1. The summed E-state index contributed by atoms with van der Waals surface area (Å²) in [6.07, 6.45) is -2.13. The van der Waals surface area contributed by atoms with Crippen molar-refractivity contribution >= 4 is 0 Å². The monoisotopic (exact) mass is 183 g/mol. The van der Waals surface area contributed by atoms with Gasteiger partial charge in [0, 0.05) is 0 Å². The molecule has 2 atom stereocenters. The van der Waals surface area contributed by atoms with Gasteiger partial charge in [-0.25, -0.2) is 18.3 Å². The summed E-state index contributed by atoms with van der Waals surface area (Å²) in [5.74, 6) is 0. The van der Waals surface area contributed by atoms with Gasteiger partial charge in [-0.2, -0.15) is 0 Å². The molecule has 73 valence electrons. The molecule has 0 saturated carbocycles. The van der Waals surface area contributed by atoms with Crippen LogP contribution in [0.4, 0.5) is 13.2 Å². The van der Waals surface area contributed by atoms with Crippen LogP contribution in [0, 0.1) is 0 Å². The lowest BCUT2D eigenvalue weighted by molar-refractivity contribution is 0.126. The van der Waals surface area contributed by atoms with Gasteiger partial charge in [0.2, 0.25) is 0 Å². The zero-order valence-electron chi connectivity index (χ0n) is 6.94. The molecule has 0 aliphatic rings. The molecule has 0 N–H and O–H groups in total. The topological polar surface area (TPSA) is 19.9 Å². The van der Waals surface area contributed by atoms with Gasteiger partial charge in [-0.15, -0.1) is 0 Å². The maximum absolute atomic E-state index is 12.5. The summed E-state index contributed by atoms with van der Waals surface area (Å²) in [5.41, 5.74) is 0. The largest absolute Gasteiger partial charge is 0.248 e. The van der Waals surface area contributed by atoms with E-state index in [4.69, 9.17) is 0 Å². The molecule has 0 bridgehead atoms. The van der Waals surface area contributed by atoms with Gasteiger partial charge in [-0.05, 0) is 12.8 Å². The van der Waals surface area contributed by atoms with Crippen LogP contribution in [0.5, 0.6) is 0 Å². The van der Waals surface area contributed by atoms with Crippen molar-refractivity contribution in [2.45, 2.75) is 38.0 Å². The van der Waals surface area contributed by atoms with Crippen LogP contribution in [0.3, 0.4) is 0 Å². The van der Waals surface area contributed by atoms with Crippen molar-refractivity contribution in [1.82, 2.24) is 0 Å². The summed E-state index contributed by atoms with van der Waals surface area (Å²) in [5, 5.41) is 9.94. The molecule has 1 radical (unpaired) electrons. The van der Waals surface area contributed by atoms with Crippen molar-refractivity contribution in [2.24, 2.45) is 0 Å². The second-order valence-electron chi connectivity index (χ2n) is 2.74. The number of unbranched alkanes of at least 4 members (excludes halogenated alkanes) is 2. The Balaban J connectivity index is 3.24. The van der Waals surface area contributed by atoms with E-state index >= 15 is 0 Å². The zero-order chi connectivity index (χ0) is 9.40. The molecule has 0 spiro atoms. The summed E-state index contributed by atoms with van der Waals surface area (Å²) < 4.78 is 36.3. The van der Waals surface area contributed by atoms with E-state index in [0.717, 1.165) is 0 Å². The first-order valence-electron chi connectivity index (χ1n) is 4.14. The van der Waals surface area contributed by atoms with Gasteiger partial charge in [0.05, 0.1) is 6.61 Å². The van der Waals surface area contributed by atoms with Crippen molar-refractivity contribution in [3.05, 3.63) is 0 Å². The molecule has 0 amide bonds. The Kier molecular flexibility index (Phi) is 7.25. The van der Waals surface area contributed by atoms with Gasteiger partial charge in [0.1, 0.15) is 12.8 Å². The first-order chi connectivity index (χ1) is 5.72. The molecule has 0 aromatic carbocycles. The van der Waals surface area contributed by atoms with Gasteiger partial charge in [0.25, 0.3) is 0 Å². The Hall–Kier alpha value is -0.250. The highest BCUT2D eigenvalue weighted by molar-refractivity contribution is 4.66. The Morgan fingerprint density at radius 2 is 1.67 bits per heavy atom. The molecule has 1 nitrogen and oxygen atoms in total. The second kappa shape index (κ2) is 7.40. The third-order valence-corrected chi connectivity index (χ3v) is 1.66. The zero-order valence-corrected chi connectivity index (χ0v) is 6.94. The smallest absolute Gasteiger partial charge is 0.159 e. The molecule has 0 aliphatic heterocycles. The van der Waals surface area contributed by atoms with Gasteiger partial charge >= 0.3 is 0 Å². The predicted octanol–water partition coefficient (Wildman–Crippen LogP) is 2.62. The van der Waals surface area contributed by atoms with E-state index in [1.54, 1.807) is 0 Å². The Morgan fingerprint density at radius 3 is 2.17 bits per heavy atom. The lowest BCUT2D eigenvalue weighted by Crippen LogP contribution is -2.18. The van der Waals surface area contributed by atoms with Crippen LogP contribution in [0.25, 0.3) is 0 Å². The van der Waals surface area contributed by atoms with E-state index in [1.807, 2.05) is 0 Å². The minimum Gasteiger partial charge on any atom is -0.248 e. The average molecular weight is 183 g/mol. The van der Waals surface area contributed by atoms with E-state index in [2.05, 4.69) is 0 Å². The normalized spacial score (nSPS) is 16.0. The molecule has 0 saturated heterocycles. The summed E-state index contributed by atoms with van der Waals surface area (Å²) >= 11 is 0. The van der Waals surface area contributed by atoms with Gasteiger partial charge in [-0.3, -0.25) is 0 Å². The predicted molar refractivity (Wildman–Crippen MR) is 39.8 cm³/mol. The molecular weight excluding hydrogens is 169 g/mol. The molecule has 0 rings (SSSR count). The van der Waals surface area contributed by atoms with E-state index in [9.17, 15) is 18.3 Å². The van der Waals surface area contributed by atoms with E-state index in [-0.39, 0.29) is 13.0 Å². The van der Waals surface area contributed by atoms with Crippen LogP contribution in [0.1, 0.15) is 25.7 Å². The Labute approximate surface area is 70.6 Å². The van der Waals surface area contributed by atoms with Gasteiger partial charge in [0.15, 0.2) is 6.17 Å². The minimum absolute atomic E-state index is 0.0189. The molecule has 0 heterocycles. The average Bonchev–Trinajstić information content (AvgIpc) is 2.10. The Bertz CT molecular complexity index is 100. The highest BCUT2D eigenvalue weighted by Gasteiger charge is 2.19. The quantitative estimate of drug-likeness (QED) is 0.541. The molecule has 12 heavy (non-hydrogen) atoms. The summed E-state index contributed by atoms with van der Waals surface area (Å²) in [7, 11) is 0. The summed E-state index contributed by atoms with van der Waals surface area (Å²) in [6.45, 7) is -1.44. The third-order valence-electron chi connectivity index (χ3n) is 1.66. The molecule has 0 fully saturated rings.